The molecule has 1 N–H and O–H groups in total. The first-order valence-electron chi connectivity index (χ1n) is 11.0. The summed E-state index contributed by atoms with van der Waals surface area (Å²) in [6.45, 7) is 7.66. The lowest BCUT2D eigenvalue weighted by Gasteiger charge is -2.37. The smallest absolute Gasteiger partial charge is 0.243 e. The molecular weight excluding hydrogens is 416 g/mol. The summed E-state index contributed by atoms with van der Waals surface area (Å²) in [4.78, 5) is 30.2. The molecule has 1 aromatic rings. The number of rotatable bonds is 5. The number of amides is 2. The van der Waals surface area contributed by atoms with Crippen molar-refractivity contribution in [3.63, 3.8) is 0 Å². The van der Waals surface area contributed by atoms with Gasteiger partial charge in [0.15, 0.2) is 0 Å². The van der Waals surface area contributed by atoms with Gasteiger partial charge in [0.25, 0.3) is 0 Å². The van der Waals surface area contributed by atoms with Crippen LogP contribution in [0.3, 0.4) is 0 Å². The fourth-order valence-electron chi connectivity index (χ4n) is 5.12. The van der Waals surface area contributed by atoms with Crippen LogP contribution < -0.4 is 5.32 Å². The van der Waals surface area contributed by atoms with E-state index in [1.807, 2.05) is 4.90 Å². The fourth-order valence-corrected chi connectivity index (χ4v) is 6.82. The lowest BCUT2D eigenvalue weighted by Crippen LogP contribution is -2.51. The molecular formula is C22H32N4O4S. The number of hydrogen-bond acceptors (Lipinski definition) is 5. The molecule has 31 heavy (non-hydrogen) atoms. The van der Waals surface area contributed by atoms with Gasteiger partial charge in [-0.25, -0.2) is 8.42 Å². The highest BCUT2D eigenvalue weighted by Gasteiger charge is 2.66. The maximum atomic E-state index is 13.3. The van der Waals surface area contributed by atoms with Crippen LogP contribution >= 0.6 is 0 Å². The number of carbonyl (C=O) groups excluding carboxylic acids is 2. The van der Waals surface area contributed by atoms with Crippen molar-refractivity contribution >= 4 is 21.8 Å². The summed E-state index contributed by atoms with van der Waals surface area (Å²) >= 11 is 0. The van der Waals surface area contributed by atoms with E-state index in [1.54, 1.807) is 30.3 Å². The van der Waals surface area contributed by atoms with E-state index in [9.17, 15) is 18.0 Å². The van der Waals surface area contributed by atoms with Gasteiger partial charge in [0.1, 0.15) is 6.04 Å². The lowest BCUT2D eigenvalue weighted by atomic mass is 9.98. The molecule has 4 rings (SSSR count). The first-order chi connectivity index (χ1) is 14.7. The summed E-state index contributed by atoms with van der Waals surface area (Å²) < 4.78 is 27.9. The van der Waals surface area contributed by atoms with Gasteiger partial charge in [-0.2, -0.15) is 4.31 Å². The zero-order valence-corrected chi connectivity index (χ0v) is 19.3. The Balaban J connectivity index is 1.51. The van der Waals surface area contributed by atoms with Crippen LogP contribution in [-0.2, 0) is 19.6 Å². The van der Waals surface area contributed by atoms with Crippen LogP contribution in [0.4, 0.5) is 0 Å². The second kappa shape index (κ2) is 8.18. The molecule has 2 saturated heterocycles. The third-order valence-electron chi connectivity index (χ3n) is 7.16. The van der Waals surface area contributed by atoms with E-state index in [-0.39, 0.29) is 29.2 Å². The Kier molecular flexibility index (Phi) is 5.87. The Morgan fingerprint density at radius 2 is 1.71 bits per heavy atom. The second-order valence-electron chi connectivity index (χ2n) is 9.27. The molecule has 3 fully saturated rings. The zero-order valence-electron chi connectivity index (χ0n) is 18.5. The molecule has 0 aromatic heterocycles. The van der Waals surface area contributed by atoms with Crippen molar-refractivity contribution < 1.29 is 18.0 Å². The predicted molar refractivity (Wildman–Crippen MR) is 117 cm³/mol. The minimum Gasteiger partial charge on any atom is -0.358 e. The van der Waals surface area contributed by atoms with E-state index in [0.29, 0.717) is 32.0 Å². The van der Waals surface area contributed by atoms with Crippen molar-refractivity contribution in [3.8, 4) is 0 Å². The second-order valence-corrected chi connectivity index (χ2v) is 11.2. The highest BCUT2D eigenvalue weighted by molar-refractivity contribution is 7.89. The molecule has 1 aromatic carbocycles. The van der Waals surface area contributed by atoms with Gasteiger partial charge in [-0.05, 0) is 44.2 Å². The molecule has 1 saturated carbocycles. The first kappa shape index (κ1) is 22.2. The summed E-state index contributed by atoms with van der Waals surface area (Å²) in [5, 5.41) is 2.60. The number of hydrogen-bond donors (Lipinski definition) is 1. The van der Waals surface area contributed by atoms with Crippen LogP contribution in [0.25, 0.3) is 0 Å². The molecule has 2 aliphatic heterocycles. The molecule has 1 spiro atoms. The molecule has 1 aliphatic carbocycles. The van der Waals surface area contributed by atoms with Crippen LogP contribution in [0.1, 0.15) is 26.7 Å². The van der Waals surface area contributed by atoms with Gasteiger partial charge in [-0.15, -0.1) is 0 Å². The van der Waals surface area contributed by atoms with Crippen LogP contribution in [-0.4, -0.2) is 86.2 Å². The predicted octanol–water partition coefficient (Wildman–Crippen LogP) is 0.755. The Labute approximate surface area is 184 Å². The summed E-state index contributed by atoms with van der Waals surface area (Å²) in [5.74, 6) is -0.417. The van der Waals surface area contributed by atoms with Crippen LogP contribution in [0.2, 0.25) is 0 Å². The summed E-state index contributed by atoms with van der Waals surface area (Å²) in [7, 11) is -2.31. The first-order valence-corrected chi connectivity index (χ1v) is 12.4. The summed E-state index contributed by atoms with van der Waals surface area (Å²) in [6.07, 6.45) is 1.03. The number of nitrogens with one attached hydrogen (secondary N) is 1. The maximum Gasteiger partial charge on any atom is 0.243 e. The normalized spacial score (nSPS) is 29.5. The van der Waals surface area contributed by atoms with Crippen LogP contribution in [0.5, 0.6) is 0 Å². The average Bonchev–Trinajstić information content (AvgIpc) is 3.33. The molecule has 2 amide bonds. The third kappa shape index (κ3) is 3.99. The van der Waals surface area contributed by atoms with Gasteiger partial charge in [0.2, 0.25) is 21.8 Å². The quantitative estimate of drug-likeness (QED) is 0.718. The zero-order chi connectivity index (χ0) is 22.4. The lowest BCUT2D eigenvalue weighted by molar-refractivity contribution is -0.135. The molecule has 3 atom stereocenters. The van der Waals surface area contributed by atoms with Crippen molar-refractivity contribution in [2.24, 2.45) is 11.3 Å². The van der Waals surface area contributed by atoms with E-state index < -0.39 is 21.5 Å². The van der Waals surface area contributed by atoms with Gasteiger partial charge in [0, 0.05) is 51.7 Å². The highest BCUT2D eigenvalue weighted by Crippen LogP contribution is 2.61. The number of sulfonamides is 1. The molecule has 9 heteroatoms. The van der Waals surface area contributed by atoms with E-state index in [4.69, 9.17) is 0 Å². The van der Waals surface area contributed by atoms with Crippen molar-refractivity contribution in [2.75, 3.05) is 39.8 Å². The van der Waals surface area contributed by atoms with Gasteiger partial charge >= 0.3 is 0 Å². The van der Waals surface area contributed by atoms with Crippen LogP contribution in [0.15, 0.2) is 35.2 Å². The molecule has 170 valence electrons. The van der Waals surface area contributed by atoms with Gasteiger partial charge < -0.3 is 10.2 Å². The van der Waals surface area contributed by atoms with E-state index >= 15 is 0 Å². The minimum atomic E-state index is -3.82. The number of carbonyl (C=O) groups is 2. The van der Waals surface area contributed by atoms with E-state index in [2.05, 4.69) is 24.1 Å². The topological polar surface area (TPSA) is 90.0 Å². The van der Waals surface area contributed by atoms with Crippen molar-refractivity contribution in [3.05, 3.63) is 30.3 Å². The monoisotopic (exact) mass is 448 g/mol. The maximum absolute atomic E-state index is 13.3. The Hall–Kier alpha value is -1.97. The summed E-state index contributed by atoms with van der Waals surface area (Å²) in [5.41, 5.74) is -0.439. The van der Waals surface area contributed by atoms with Crippen LogP contribution in [0, 0.1) is 11.3 Å². The molecule has 2 heterocycles. The van der Waals surface area contributed by atoms with E-state index in [1.165, 1.54) is 11.4 Å². The van der Waals surface area contributed by atoms with Crippen molar-refractivity contribution in [1.29, 1.82) is 0 Å². The number of piperazine rings is 1. The number of likely N-dealkylation sites (N-methyl/N-ethyl adjacent to an activating group) is 1. The Bertz CT molecular complexity index is 944. The highest BCUT2D eigenvalue weighted by atomic mass is 32.2. The molecule has 3 aliphatic rings. The Morgan fingerprint density at radius 1 is 1.06 bits per heavy atom. The SMILES string of the molecule is CNC(=O)[C@@H]1C[C@@]2(C[C@@H]2C(=O)N2CCN(C(C)C)CC2)CN1S(=O)(=O)c1ccccc1. The van der Waals surface area contributed by atoms with Crippen molar-refractivity contribution in [2.45, 2.75) is 43.7 Å². The number of benzene rings is 1. The Morgan fingerprint density at radius 3 is 2.29 bits per heavy atom. The molecule has 0 radical (unpaired) electrons. The minimum absolute atomic E-state index is 0.109. The third-order valence-corrected chi connectivity index (χ3v) is 9.03. The molecule has 8 nitrogen and oxygen atoms in total. The summed E-state index contributed by atoms with van der Waals surface area (Å²) in [6, 6.07) is 7.88. The standard InChI is InChI=1S/C22H32N4O4S/c1-16(2)24-9-11-25(12-10-24)21(28)18-13-22(18)14-19(20(27)23-3)26(15-22)31(29,30)17-7-5-4-6-8-17/h4-8,16,18-19H,9-15H2,1-3H3,(H,23,27)/t18-,19+,22+/m1/s1. The molecule has 0 bridgehead atoms. The average molecular weight is 449 g/mol. The van der Waals surface area contributed by atoms with Gasteiger partial charge in [-0.1, -0.05) is 18.2 Å². The number of nitrogens with zero attached hydrogens (tertiary/aromatic N) is 3. The largest absolute Gasteiger partial charge is 0.358 e. The van der Waals surface area contributed by atoms with Crippen molar-refractivity contribution in [1.82, 2.24) is 19.4 Å². The molecule has 0 unspecified atom stereocenters. The van der Waals surface area contributed by atoms with Gasteiger partial charge in [0.05, 0.1) is 4.90 Å². The fraction of sp³-hybridized carbons (Fsp3) is 0.636. The van der Waals surface area contributed by atoms with Gasteiger partial charge in [-0.3, -0.25) is 14.5 Å². The van der Waals surface area contributed by atoms with E-state index in [0.717, 1.165) is 13.1 Å².